The SMILES string of the molecule is [CH2]C1CCC([CH]OOC(=O)c2ccc(OCC)cc2)CC1. The fourth-order valence-corrected chi connectivity index (χ4v) is 2.38. The first kappa shape index (κ1) is 15.8. The van der Waals surface area contributed by atoms with E-state index in [0.29, 0.717) is 24.0 Å². The number of carbonyl (C=O) groups is 1. The zero-order chi connectivity index (χ0) is 15.1. The second kappa shape index (κ2) is 8.03. The minimum absolute atomic E-state index is 0.344. The van der Waals surface area contributed by atoms with Crippen LogP contribution in [0, 0.1) is 25.4 Å². The predicted molar refractivity (Wildman–Crippen MR) is 79.2 cm³/mol. The van der Waals surface area contributed by atoms with Gasteiger partial charge in [-0.3, -0.25) is 4.89 Å². The Bertz CT molecular complexity index is 433. The lowest BCUT2D eigenvalue weighted by Crippen LogP contribution is -2.15. The van der Waals surface area contributed by atoms with Gasteiger partial charge in [0.25, 0.3) is 0 Å². The van der Waals surface area contributed by atoms with E-state index in [1.807, 2.05) is 6.92 Å². The predicted octanol–water partition coefficient (Wildman–Crippen LogP) is 3.98. The van der Waals surface area contributed by atoms with Crippen molar-refractivity contribution < 1.29 is 19.3 Å². The van der Waals surface area contributed by atoms with Gasteiger partial charge in [-0.25, -0.2) is 4.79 Å². The maximum Gasteiger partial charge on any atom is 0.373 e. The topological polar surface area (TPSA) is 44.8 Å². The molecule has 21 heavy (non-hydrogen) atoms. The van der Waals surface area contributed by atoms with E-state index < -0.39 is 5.97 Å². The lowest BCUT2D eigenvalue weighted by Gasteiger charge is -2.24. The summed E-state index contributed by atoms with van der Waals surface area (Å²) in [6.07, 6.45) is 4.26. The first-order valence-electron chi connectivity index (χ1n) is 7.46. The molecule has 4 heteroatoms. The summed E-state index contributed by atoms with van der Waals surface area (Å²) in [6, 6.07) is 6.79. The minimum atomic E-state index is -0.500. The van der Waals surface area contributed by atoms with Gasteiger partial charge in [-0.2, -0.15) is 4.89 Å². The lowest BCUT2D eigenvalue weighted by atomic mass is 9.83. The molecule has 1 aromatic rings. The van der Waals surface area contributed by atoms with Gasteiger partial charge >= 0.3 is 5.97 Å². The Labute approximate surface area is 126 Å². The second-order valence-corrected chi connectivity index (χ2v) is 5.34. The third-order valence-electron chi connectivity index (χ3n) is 3.66. The highest BCUT2D eigenvalue weighted by atomic mass is 17.2. The highest BCUT2D eigenvalue weighted by Gasteiger charge is 2.20. The van der Waals surface area contributed by atoms with Crippen LogP contribution >= 0.6 is 0 Å². The third-order valence-corrected chi connectivity index (χ3v) is 3.66. The van der Waals surface area contributed by atoms with Crippen molar-refractivity contribution >= 4 is 5.97 Å². The Morgan fingerprint density at radius 1 is 1.24 bits per heavy atom. The summed E-state index contributed by atoms with van der Waals surface area (Å²) in [5.74, 6) is 1.11. The molecule has 0 N–H and O–H groups in total. The van der Waals surface area contributed by atoms with Crippen LogP contribution in [0.2, 0.25) is 0 Å². The number of ether oxygens (including phenoxy) is 1. The van der Waals surface area contributed by atoms with Crippen LogP contribution in [0.1, 0.15) is 43.0 Å². The van der Waals surface area contributed by atoms with Crippen molar-refractivity contribution in [1.29, 1.82) is 0 Å². The van der Waals surface area contributed by atoms with Gasteiger partial charge < -0.3 is 4.74 Å². The molecule has 1 aliphatic rings. The van der Waals surface area contributed by atoms with Crippen LogP contribution in [0.4, 0.5) is 0 Å². The molecule has 0 unspecified atom stereocenters. The van der Waals surface area contributed by atoms with E-state index >= 15 is 0 Å². The van der Waals surface area contributed by atoms with Crippen LogP contribution in [-0.2, 0) is 9.78 Å². The molecule has 0 aliphatic heterocycles. The smallest absolute Gasteiger partial charge is 0.373 e. The van der Waals surface area contributed by atoms with E-state index in [1.54, 1.807) is 30.9 Å². The number of hydrogen-bond acceptors (Lipinski definition) is 4. The quantitative estimate of drug-likeness (QED) is 0.587. The van der Waals surface area contributed by atoms with Gasteiger partial charge in [0.15, 0.2) is 0 Å². The van der Waals surface area contributed by atoms with E-state index in [9.17, 15) is 4.79 Å². The molecular weight excluding hydrogens is 268 g/mol. The first-order valence-corrected chi connectivity index (χ1v) is 7.46. The van der Waals surface area contributed by atoms with E-state index in [2.05, 4.69) is 6.92 Å². The molecule has 2 rings (SSSR count). The van der Waals surface area contributed by atoms with Gasteiger partial charge in [0.2, 0.25) is 0 Å². The Morgan fingerprint density at radius 2 is 1.90 bits per heavy atom. The fourth-order valence-electron chi connectivity index (χ4n) is 2.38. The van der Waals surface area contributed by atoms with Gasteiger partial charge in [0.1, 0.15) is 12.4 Å². The number of benzene rings is 1. The summed E-state index contributed by atoms with van der Waals surface area (Å²) in [4.78, 5) is 21.6. The maximum atomic E-state index is 11.8. The number of hydrogen-bond donors (Lipinski definition) is 0. The molecular formula is C17H22O4. The average Bonchev–Trinajstić information content (AvgIpc) is 2.50. The van der Waals surface area contributed by atoms with Crippen LogP contribution in [0.15, 0.2) is 24.3 Å². The molecule has 1 aromatic carbocycles. The molecule has 0 bridgehead atoms. The maximum absolute atomic E-state index is 11.8. The highest BCUT2D eigenvalue weighted by molar-refractivity contribution is 5.89. The van der Waals surface area contributed by atoms with Gasteiger partial charge in [0, 0.05) is 0 Å². The third kappa shape index (κ3) is 5.05. The summed E-state index contributed by atoms with van der Waals surface area (Å²) in [5, 5.41) is 0. The van der Waals surface area contributed by atoms with Crippen molar-refractivity contribution in [3.63, 3.8) is 0 Å². The second-order valence-electron chi connectivity index (χ2n) is 5.34. The van der Waals surface area contributed by atoms with Crippen molar-refractivity contribution in [3.8, 4) is 5.75 Å². The summed E-state index contributed by atoms with van der Waals surface area (Å²) < 4.78 is 5.32. The Kier molecular flexibility index (Phi) is 6.05. The zero-order valence-electron chi connectivity index (χ0n) is 12.4. The van der Waals surface area contributed by atoms with Crippen molar-refractivity contribution in [2.45, 2.75) is 32.6 Å². The van der Waals surface area contributed by atoms with Gasteiger partial charge in [-0.15, -0.1) is 0 Å². The molecule has 0 aromatic heterocycles. The molecule has 2 radical (unpaired) electrons. The standard InChI is InChI=1S/C17H22O4/c1-3-19-16-10-8-15(9-11-16)17(18)21-20-12-14-6-4-13(2)5-7-14/h8-14H,2-7H2,1H3. The monoisotopic (exact) mass is 290 g/mol. The molecule has 1 fully saturated rings. The number of carbonyl (C=O) groups excluding carboxylic acids is 1. The molecule has 0 spiro atoms. The van der Waals surface area contributed by atoms with Gasteiger partial charge in [0.05, 0.1) is 12.2 Å². The van der Waals surface area contributed by atoms with Crippen molar-refractivity contribution in [2.75, 3.05) is 6.61 Å². The van der Waals surface area contributed by atoms with Crippen LogP contribution in [0.5, 0.6) is 5.75 Å². The Morgan fingerprint density at radius 3 is 2.52 bits per heavy atom. The van der Waals surface area contributed by atoms with Crippen LogP contribution in [0.3, 0.4) is 0 Å². The molecule has 0 atom stereocenters. The summed E-state index contributed by atoms with van der Waals surface area (Å²) in [5.41, 5.74) is 0.438. The summed E-state index contributed by atoms with van der Waals surface area (Å²) >= 11 is 0. The van der Waals surface area contributed by atoms with Crippen LogP contribution in [0.25, 0.3) is 0 Å². The zero-order valence-corrected chi connectivity index (χ0v) is 12.4. The highest BCUT2D eigenvalue weighted by Crippen LogP contribution is 2.29. The normalized spacial score (nSPS) is 21.8. The molecule has 0 amide bonds. The van der Waals surface area contributed by atoms with Crippen molar-refractivity contribution in [3.05, 3.63) is 43.4 Å². The molecule has 0 heterocycles. The van der Waals surface area contributed by atoms with Crippen molar-refractivity contribution in [1.82, 2.24) is 0 Å². The van der Waals surface area contributed by atoms with Crippen LogP contribution in [-0.4, -0.2) is 12.6 Å². The molecule has 1 saturated carbocycles. The fraction of sp³-hybridized carbons (Fsp3) is 0.471. The van der Waals surface area contributed by atoms with Crippen molar-refractivity contribution in [2.24, 2.45) is 11.8 Å². The molecule has 4 nitrogen and oxygen atoms in total. The van der Waals surface area contributed by atoms with E-state index in [0.717, 1.165) is 31.4 Å². The van der Waals surface area contributed by atoms with E-state index in [4.69, 9.17) is 14.5 Å². The van der Waals surface area contributed by atoms with Gasteiger partial charge in [-0.1, -0.05) is 19.8 Å². The van der Waals surface area contributed by atoms with Gasteiger partial charge in [-0.05, 0) is 55.9 Å². The van der Waals surface area contributed by atoms with E-state index in [-0.39, 0.29) is 0 Å². The Balaban J connectivity index is 1.71. The summed E-state index contributed by atoms with van der Waals surface area (Å²) in [7, 11) is 0. The molecule has 114 valence electrons. The largest absolute Gasteiger partial charge is 0.494 e. The summed E-state index contributed by atoms with van der Waals surface area (Å²) in [6.45, 7) is 8.18. The Hall–Kier alpha value is -1.55. The lowest BCUT2D eigenvalue weighted by molar-refractivity contribution is -0.220. The first-order chi connectivity index (χ1) is 10.2. The van der Waals surface area contributed by atoms with E-state index in [1.165, 1.54) is 0 Å². The minimum Gasteiger partial charge on any atom is -0.494 e. The van der Waals surface area contributed by atoms with Crippen LogP contribution < -0.4 is 4.74 Å². The average molecular weight is 290 g/mol. The molecule has 0 saturated heterocycles. The number of rotatable bonds is 6. The molecule has 1 aliphatic carbocycles.